The number of phenolic OH excluding ortho intramolecular Hbond substituents is 1. The first kappa shape index (κ1) is 33.1. The van der Waals surface area contributed by atoms with Crippen LogP contribution in [0.1, 0.15) is 71.3 Å². The summed E-state index contributed by atoms with van der Waals surface area (Å²) >= 11 is 0. The zero-order valence-corrected chi connectivity index (χ0v) is 26.3. The quantitative estimate of drug-likeness (QED) is 0.193. The van der Waals surface area contributed by atoms with Crippen LogP contribution in [0.15, 0.2) is 41.1 Å². The zero-order valence-electron chi connectivity index (χ0n) is 26.3. The number of aliphatic hydroxyl groups is 3. The van der Waals surface area contributed by atoms with Gasteiger partial charge in [-0.15, -0.1) is 0 Å². The number of ketones is 1. The molecular formula is C34H46N2O9. The number of allylic oxidation sites excluding steroid dienone is 2. The lowest BCUT2D eigenvalue weighted by atomic mass is 9.45. The summed E-state index contributed by atoms with van der Waals surface area (Å²) in [6, 6.07) is 5.44. The Bertz CT molecular complexity index is 1360. The number of aromatic hydroxyl groups is 1. The van der Waals surface area contributed by atoms with Crippen LogP contribution in [0.2, 0.25) is 0 Å². The zero-order chi connectivity index (χ0) is 32.6. The number of ether oxygens (including phenoxy) is 1. The number of hydrogen-bond donors (Lipinski definition) is 5. The Morgan fingerprint density at radius 3 is 2.53 bits per heavy atom. The van der Waals surface area contributed by atoms with E-state index in [-0.39, 0.29) is 48.6 Å². The van der Waals surface area contributed by atoms with Gasteiger partial charge in [0.2, 0.25) is 0 Å². The van der Waals surface area contributed by atoms with Gasteiger partial charge < -0.3 is 35.3 Å². The fraction of sp³-hybridized carbons (Fsp3) is 0.647. The fourth-order valence-corrected chi connectivity index (χ4v) is 9.08. The molecule has 5 rings (SSSR count). The summed E-state index contributed by atoms with van der Waals surface area (Å²) in [5.41, 5.74) is -0.0411. The van der Waals surface area contributed by atoms with E-state index in [1.165, 1.54) is 17.7 Å². The van der Waals surface area contributed by atoms with E-state index < -0.39 is 47.4 Å². The molecule has 0 radical (unpaired) electrons. The van der Waals surface area contributed by atoms with Gasteiger partial charge in [-0.25, -0.2) is 4.79 Å². The summed E-state index contributed by atoms with van der Waals surface area (Å²) in [5.74, 6) is -1.34. The summed E-state index contributed by atoms with van der Waals surface area (Å²) in [7, 11) is 0. The number of hydrogen-bond acceptors (Lipinski definition) is 10. The molecule has 0 spiro atoms. The van der Waals surface area contributed by atoms with E-state index >= 15 is 0 Å². The smallest absolute Gasteiger partial charge is 0.328 e. The predicted octanol–water partition coefficient (Wildman–Crippen LogP) is 2.58. The molecule has 4 aliphatic carbocycles. The van der Waals surface area contributed by atoms with Crippen molar-refractivity contribution in [2.75, 3.05) is 19.8 Å². The molecule has 0 saturated heterocycles. The molecule has 11 nitrogen and oxygen atoms in total. The molecule has 8 atom stereocenters. The van der Waals surface area contributed by atoms with Crippen molar-refractivity contribution in [3.63, 3.8) is 0 Å². The van der Waals surface area contributed by atoms with Crippen molar-refractivity contribution in [3.05, 3.63) is 41.5 Å². The van der Waals surface area contributed by atoms with E-state index in [4.69, 9.17) is 9.57 Å². The van der Waals surface area contributed by atoms with Gasteiger partial charge in [-0.1, -0.05) is 36.7 Å². The Balaban J connectivity index is 1.23. The van der Waals surface area contributed by atoms with Crippen LogP contribution in [0.4, 0.5) is 0 Å². The molecule has 1 aromatic rings. The van der Waals surface area contributed by atoms with Gasteiger partial charge in [0.1, 0.15) is 24.0 Å². The molecule has 5 N–H and O–H groups in total. The normalized spacial score (nSPS) is 35.3. The Hall–Kier alpha value is -3.28. The number of fused-ring (bicyclic) bond motifs is 5. The SMILES string of the molecule is CCOC(=O)[C@H](Cc1ccc(O)cc1)NC(=O)CO/N=C1\C=C2CC[C@H]3[C@@H]([C@H](O)C[C@@]4(C)[C@H]3CC[C@]4(O)C(=O)CO)[C@@]2(C)CC1. The third-order valence-corrected chi connectivity index (χ3v) is 11.3. The number of esters is 1. The lowest BCUT2D eigenvalue weighted by Crippen LogP contribution is -2.62. The van der Waals surface area contributed by atoms with Crippen molar-refractivity contribution in [1.29, 1.82) is 0 Å². The summed E-state index contributed by atoms with van der Waals surface area (Å²) in [4.78, 5) is 43.3. The van der Waals surface area contributed by atoms with Gasteiger partial charge in [0.05, 0.1) is 18.4 Å². The number of aliphatic hydroxyl groups excluding tert-OH is 2. The minimum atomic E-state index is -1.62. The van der Waals surface area contributed by atoms with Crippen molar-refractivity contribution >= 4 is 23.4 Å². The lowest BCUT2D eigenvalue weighted by molar-refractivity contribution is -0.181. The van der Waals surface area contributed by atoms with Crippen LogP contribution in [0, 0.1) is 28.6 Å². The number of phenols is 1. The molecule has 0 heterocycles. The van der Waals surface area contributed by atoms with Crippen molar-refractivity contribution < 1.29 is 44.4 Å². The van der Waals surface area contributed by atoms with Crippen molar-refractivity contribution in [1.82, 2.24) is 5.32 Å². The molecule has 3 fully saturated rings. The molecule has 3 saturated carbocycles. The molecule has 0 aromatic heterocycles. The molecule has 0 aliphatic heterocycles. The van der Waals surface area contributed by atoms with Gasteiger partial charge in [0.25, 0.3) is 5.91 Å². The van der Waals surface area contributed by atoms with Gasteiger partial charge in [-0.2, -0.15) is 0 Å². The average molecular weight is 627 g/mol. The number of carbonyl (C=O) groups excluding carboxylic acids is 3. The van der Waals surface area contributed by atoms with Crippen LogP contribution in [-0.2, 0) is 30.4 Å². The van der Waals surface area contributed by atoms with E-state index in [0.29, 0.717) is 31.4 Å². The molecule has 1 amide bonds. The fourth-order valence-electron chi connectivity index (χ4n) is 9.08. The minimum Gasteiger partial charge on any atom is -0.508 e. The first-order chi connectivity index (χ1) is 21.4. The van der Waals surface area contributed by atoms with Crippen molar-refractivity contribution in [3.8, 4) is 5.75 Å². The predicted molar refractivity (Wildman–Crippen MR) is 164 cm³/mol. The maximum atomic E-state index is 12.7. The monoisotopic (exact) mass is 626 g/mol. The highest BCUT2D eigenvalue weighted by Crippen LogP contribution is 2.67. The van der Waals surface area contributed by atoms with Gasteiger partial charge in [-0.05, 0) is 98.8 Å². The average Bonchev–Trinajstić information content (AvgIpc) is 3.28. The summed E-state index contributed by atoms with van der Waals surface area (Å²) in [6.07, 6.45) is 5.76. The molecule has 1 aromatic carbocycles. The molecular weight excluding hydrogens is 580 g/mol. The van der Waals surface area contributed by atoms with Crippen molar-refractivity contribution in [2.24, 2.45) is 33.7 Å². The highest BCUT2D eigenvalue weighted by molar-refractivity contribution is 5.96. The maximum Gasteiger partial charge on any atom is 0.328 e. The van der Waals surface area contributed by atoms with Crippen molar-refractivity contribution in [2.45, 2.75) is 89.9 Å². The van der Waals surface area contributed by atoms with E-state index in [9.17, 15) is 34.8 Å². The summed E-state index contributed by atoms with van der Waals surface area (Å²) in [6.45, 7) is 4.87. The Kier molecular flexibility index (Phi) is 9.45. The number of oxime groups is 1. The maximum absolute atomic E-state index is 12.7. The second-order valence-corrected chi connectivity index (χ2v) is 13.7. The summed E-state index contributed by atoms with van der Waals surface area (Å²) in [5, 5.41) is 49.0. The first-order valence-electron chi connectivity index (χ1n) is 16.0. The van der Waals surface area contributed by atoms with Gasteiger partial charge in [0, 0.05) is 11.8 Å². The number of carbonyl (C=O) groups is 3. The van der Waals surface area contributed by atoms with Gasteiger partial charge in [-0.3, -0.25) is 9.59 Å². The second kappa shape index (κ2) is 12.8. The minimum absolute atomic E-state index is 0.0243. The van der Waals surface area contributed by atoms with Crippen LogP contribution >= 0.6 is 0 Å². The molecule has 11 heteroatoms. The molecule has 4 aliphatic rings. The van der Waals surface area contributed by atoms with Crippen LogP contribution in [0.25, 0.3) is 0 Å². The Morgan fingerprint density at radius 1 is 1.11 bits per heavy atom. The molecule has 45 heavy (non-hydrogen) atoms. The van der Waals surface area contributed by atoms with Gasteiger partial charge in [0.15, 0.2) is 12.4 Å². The van der Waals surface area contributed by atoms with Crippen LogP contribution in [0.5, 0.6) is 5.75 Å². The summed E-state index contributed by atoms with van der Waals surface area (Å²) < 4.78 is 5.13. The first-order valence-corrected chi connectivity index (χ1v) is 16.0. The van der Waals surface area contributed by atoms with E-state index in [0.717, 1.165) is 24.8 Å². The Morgan fingerprint density at radius 2 is 1.84 bits per heavy atom. The largest absolute Gasteiger partial charge is 0.508 e. The number of nitrogens with one attached hydrogen (secondary N) is 1. The number of benzene rings is 1. The third kappa shape index (κ3) is 6.02. The lowest BCUT2D eigenvalue weighted by Gasteiger charge is -2.60. The third-order valence-electron chi connectivity index (χ3n) is 11.3. The number of amides is 1. The highest BCUT2D eigenvalue weighted by atomic mass is 16.6. The van der Waals surface area contributed by atoms with E-state index in [1.807, 2.05) is 13.0 Å². The second-order valence-electron chi connectivity index (χ2n) is 13.7. The Labute approximate surface area is 263 Å². The topological polar surface area (TPSA) is 175 Å². The molecule has 246 valence electrons. The number of rotatable bonds is 10. The van der Waals surface area contributed by atoms with E-state index in [2.05, 4.69) is 17.4 Å². The van der Waals surface area contributed by atoms with Crippen LogP contribution < -0.4 is 5.32 Å². The van der Waals surface area contributed by atoms with Gasteiger partial charge >= 0.3 is 5.97 Å². The van der Waals surface area contributed by atoms with E-state index in [1.54, 1.807) is 19.1 Å². The van der Waals surface area contributed by atoms with Crippen LogP contribution in [-0.4, -0.2) is 81.4 Å². The van der Waals surface area contributed by atoms with Crippen LogP contribution in [0.3, 0.4) is 0 Å². The molecule has 0 unspecified atom stereocenters. The number of nitrogens with zero attached hydrogens (tertiary/aromatic N) is 1. The number of Topliss-reactive ketones (excluding diaryl/α,β-unsaturated/α-hetero) is 1. The highest BCUT2D eigenvalue weighted by Gasteiger charge is 2.68. The standard InChI is InChI=1S/C34H46N2O9/c1-4-44-31(42)26(15-20-5-8-23(38)9-6-20)35-29(41)19-45-36-22-11-13-32(2)21(16-22)7-10-24-25-12-14-34(43,28(40)18-37)33(25,3)17-27(39)30(24)32/h5-6,8-9,16,24-27,30,37-39,43H,4,7,10-15,17-19H2,1-3H3,(H,35,41)/b36-22-/t24-,25+,26+,27-,30+,32+,33+,34+/m1/s1. The molecule has 0 bridgehead atoms.